The molecular weight excluding hydrogens is 176 g/mol. The van der Waals surface area contributed by atoms with Gasteiger partial charge in [0.2, 0.25) is 0 Å². The van der Waals surface area contributed by atoms with Crippen molar-refractivity contribution >= 4 is 10.9 Å². The van der Waals surface area contributed by atoms with E-state index >= 15 is 0 Å². The summed E-state index contributed by atoms with van der Waals surface area (Å²) in [5.41, 5.74) is 1.99. The maximum absolute atomic E-state index is 8.65. The molecule has 0 aliphatic rings. The fraction of sp³-hybridized carbons (Fsp3) is 0.182. The first-order valence-electron chi connectivity index (χ1n) is 4.36. The monoisotopic (exact) mass is 186 g/mol. The van der Waals surface area contributed by atoms with Crippen molar-refractivity contribution in [1.82, 2.24) is 4.98 Å². The fourth-order valence-corrected chi connectivity index (χ4v) is 1.60. The number of nitriles is 1. The molecule has 0 saturated heterocycles. The Morgan fingerprint density at radius 3 is 3.00 bits per heavy atom. The van der Waals surface area contributed by atoms with Crippen molar-refractivity contribution in [2.24, 2.45) is 0 Å². The molecule has 0 amide bonds. The molecule has 2 rings (SSSR count). The minimum absolute atomic E-state index is 0.429. The Morgan fingerprint density at radius 1 is 1.43 bits per heavy atom. The van der Waals surface area contributed by atoms with Crippen LogP contribution in [0.4, 0.5) is 0 Å². The molecule has 1 aromatic heterocycles. The Labute approximate surface area is 81.9 Å². The van der Waals surface area contributed by atoms with Gasteiger partial charge in [-0.05, 0) is 17.7 Å². The van der Waals surface area contributed by atoms with Gasteiger partial charge in [-0.3, -0.25) is 0 Å². The standard InChI is InChI=1S/C11H10N2O/c1-14-10-3-2-8(4-6-12)9-5-7-13-11(9)10/h2-3,5,7,13H,4H2,1H3. The van der Waals surface area contributed by atoms with Crippen LogP contribution in [0.3, 0.4) is 0 Å². The second kappa shape index (κ2) is 3.43. The van der Waals surface area contributed by atoms with Gasteiger partial charge in [0.25, 0.3) is 0 Å². The maximum Gasteiger partial charge on any atom is 0.142 e. The molecule has 1 heterocycles. The van der Waals surface area contributed by atoms with Gasteiger partial charge >= 0.3 is 0 Å². The third-order valence-electron chi connectivity index (χ3n) is 2.26. The minimum atomic E-state index is 0.429. The zero-order chi connectivity index (χ0) is 9.97. The molecule has 2 aromatic rings. The van der Waals surface area contributed by atoms with Gasteiger partial charge in [-0.25, -0.2) is 0 Å². The summed E-state index contributed by atoms with van der Waals surface area (Å²) in [6.07, 6.45) is 2.28. The highest BCUT2D eigenvalue weighted by atomic mass is 16.5. The lowest BCUT2D eigenvalue weighted by atomic mass is 10.1. The maximum atomic E-state index is 8.65. The van der Waals surface area contributed by atoms with Gasteiger partial charge in [0, 0.05) is 11.6 Å². The molecule has 0 saturated carbocycles. The predicted octanol–water partition coefficient (Wildman–Crippen LogP) is 2.24. The Hall–Kier alpha value is -1.95. The summed E-state index contributed by atoms with van der Waals surface area (Å²) in [5.74, 6) is 0.812. The fourth-order valence-electron chi connectivity index (χ4n) is 1.60. The first-order chi connectivity index (χ1) is 6.86. The molecule has 0 unspecified atom stereocenters. The van der Waals surface area contributed by atoms with Gasteiger partial charge in [-0.15, -0.1) is 0 Å². The van der Waals surface area contributed by atoms with Crippen LogP contribution in [0.5, 0.6) is 5.75 Å². The van der Waals surface area contributed by atoms with E-state index < -0.39 is 0 Å². The third-order valence-corrected chi connectivity index (χ3v) is 2.26. The first-order valence-corrected chi connectivity index (χ1v) is 4.36. The second-order valence-electron chi connectivity index (χ2n) is 3.03. The van der Waals surface area contributed by atoms with E-state index in [4.69, 9.17) is 10.00 Å². The molecule has 3 nitrogen and oxygen atoms in total. The number of fused-ring (bicyclic) bond motifs is 1. The molecular formula is C11H10N2O. The van der Waals surface area contributed by atoms with Crippen molar-refractivity contribution in [2.75, 3.05) is 7.11 Å². The molecule has 0 fully saturated rings. The molecule has 0 radical (unpaired) electrons. The van der Waals surface area contributed by atoms with Gasteiger partial charge in [0.1, 0.15) is 5.75 Å². The van der Waals surface area contributed by atoms with E-state index in [1.807, 2.05) is 24.4 Å². The van der Waals surface area contributed by atoms with E-state index in [1.165, 1.54) is 0 Å². The normalized spacial score (nSPS) is 10.0. The first kappa shape index (κ1) is 8.64. The summed E-state index contributed by atoms with van der Waals surface area (Å²) in [5, 5.41) is 9.71. The lowest BCUT2D eigenvalue weighted by molar-refractivity contribution is 0.419. The predicted molar refractivity (Wildman–Crippen MR) is 54.2 cm³/mol. The minimum Gasteiger partial charge on any atom is -0.495 e. The molecule has 0 atom stereocenters. The quantitative estimate of drug-likeness (QED) is 0.781. The third kappa shape index (κ3) is 1.21. The molecule has 0 bridgehead atoms. The van der Waals surface area contributed by atoms with Crippen LogP contribution in [0.2, 0.25) is 0 Å². The summed E-state index contributed by atoms with van der Waals surface area (Å²) >= 11 is 0. The largest absolute Gasteiger partial charge is 0.495 e. The van der Waals surface area contributed by atoms with Crippen LogP contribution in [0.15, 0.2) is 24.4 Å². The number of ether oxygens (including phenoxy) is 1. The number of benzene rings is 1. The number of aromatic nitrogens is 1. The zero-order valence-electron chi connectivity index (χ0n) is 7.87. The molecule has 1 N–H and O–H groups in total. The van der Waals surface area contributed by atoms with Crippen molar-refractivity contribution in [3.05, 3.63) is 30.0 Å². The van der Waals surface area contributed by atoms with E-state index in [0.717, 1.165) is 22.2 Å². The molecule has 70 valence electrons. The molecule has 0 aliphatic carbocycles. The molecule has 0 spiro atoms. The summed E-state index contributed by atoms with van der Waals surface area (Å²) in [6.45, 7) is 0. The smallest absolute Gasteiger partial charge is 0.142 e. The Bertz CT molecular complexity index is 493. The number of H-pyrrole nitrogens is 1. The highest BCUT2D eigenvalue weighted by Crippen LogP contribution is 2.27. The number of nitrogens with zero attached hydrogens (tertiary/aromatic N) is 1. The van der Waals surface area contributed by atoms with Crippen LogP contribution in [0.1, 0.15) is 5.56 Å². The molecule has 3 heteroatoms. The van der Waals surface area contributed by atoms with Gasteiger partial charge in [0.15, 0.2) is 0 Å². The SMILES string of the molecule is COc1ccc(CC#N)c2cc[nH]c12. The second-order valence-corrected chi connectivity index (χ2v) is 3.03. The average molecular weight is 186 g/mol. The molecule has 0 aliphatic heterocycles. The number of nitrogens with one attached hydrogen (secondary N) is 1. The highest BCUT2D eigenvalue weighted by Gasteiger charge is 2.06. The van der Waals surface area contributed by atoms with Crippen LogP contribution in [-0.2, 0) is 6.42 Å². The van der Waals surface area contributed by atoms with E-state index in [0.29, 0.717) is 6.42 Å². The molecule has 1 aromatic carbocycles. The lowest BCUT2D eigenvalue weighted by Gasteiger charge is -2.03. The van der Waals surface area contributed by atoms with E-state index in [-0.39, 0.29) is 0 Å². The van der Waals surface area contributed by atoms with Crippen LogP contribution >= 0.6 is 0 Å². The number of methoxy groups -OCH3 is 1. The van der Waals surface area contributed by atoms with Gasteiger partial charge < -0.3 is 9.72 Å². The van der Waals surface area contributed by atoms with Crippen LogP contribution in [-0.4, -0.2) is 12.1 Å². The van der Waals surface area contributed by atoms with E-state index in [9.17, 15) is 0 Å². The van der Waals surface area contributed by atoms with Crippen molar-refractivity contribution in [3.63, 3.8) is 0 Å². The number of aromatic amines is 1. The van der Waals surface area contributed by atoms with Crippen molar-refractivity contribution in [1.29, 1.82) is 5.26 Å². The zero-order valence-corrected chi connectivity index (χ0v) is 7.87. The Morgan fingerprint density at radius 2 is 2.29 bits per heavy atom. The van der Waals surface area contributed by atoms with Gasteiger partial charge in [0.05, 0.1) is 25.1 Å². The summed E-state index contributed by atoms with van der Waals surface area (Å²) in [4.78, 5) is 3.10. The van der Waals surface area contributed by atoms with Crippen LogP contribution in [0, 0.1) is 11.3 Å². The van der Waals surface area contributed by atoms with E-state index in [1.54, 1.807) is 7.11 Å². The van der Waals surface area contributed by atoms with Crippen LogP contribution in [0.25, 0.3) is 10.9 Å². The van der Waals surface area contributed by atoms with Gasteiger partial charge in [-0.2, -0.15) is 5.26 Å². The van der Waals surface area contributed by atoms with Crippen LogP contribution < -0.4 is 4.74 Å². The summed E-state index contributed by atoms with van der Waals surface area (Å²) < 4.78 is 5.20. The number of hydrogen-bond donors (Lipinski definition) is 1. The molecule has 14 heavy (non-hydrogen) atoms. The Kier molecular flexibility index (Phi) is 2.11. The lowest BCUT2D eigenvalue weighted by Crippen LogP contribution is -1.88. The number of rotatable bonds is 2. The van der Waals surface area contributed by atoms with E-state index in [2.05, 4.69) is 11.1 Å². The topological polar surface area (TPSA) is 48.8 Å². The van der Waals surface area contributed by atoms with Crippen molar-refractivity contribution in [2.45, 2.75) is 6.42 Å². The summed E-state index contributed by atoms with van der Waals surface area (Å²) in [7, 11) is 1.64. The van der Waals surface area contributed by atoms with Crippen molar-refractivity contribution in [3.8, 4) is 11.8 Å². The average Bonchev–Trinajstić information content (AvgIpc) is 2.67. The highest BCUT2D eigenvalue weighted by molar-refractivity contribution is 5.88. The number of hydrogen-bond acceptors (Lipinski definition) is 2. The van der Waals surface area contributed by atoms with Gasteiger partial charge in [-0.1, -0.05) is 6.07 Å². The summed E-state index contributed by atoms with van der Waals surface area (Å²) in [6, 6.07) is 7.92. The Balaban J connectivity index is 2.67. The van der Waals surface area contributed by atoms with Crippen molar-refractivity contribution < 1.29 is 4.74 Å².